The lowest BCUT2D eigenvalue weighted by molar-refractivity contribution is -0.134. The number of ether oxygens (including phenoxy) is 1. The van der Waals surface area contributed by atoms with Gasteiger partial charge < -0.3 is 20.3 Å². The molecule has 2 fully saturated rings. The van der Waals surface area contributed by atoms with E-state index in [4.69, 9.17) is 4.74 Å². The lowest BCUT2D eigenvalue weighted by Gasteiger charge is -2.36. The van der Waals surface area contributed by atoms with E-state index in [0.29, 0.717) is 44.6 Å². The molecule has 0 bridgehead atoms. The molecular formula is C23H33N3O4. The van der Waals surface area contributed by atoms with Crippen LogP contribution in [-0.4, -0.2) is 62.0 Å². The molecule has 2 aliphatic rings. The number of amides is 3. The van der Waals surface area contributed by atoms with Gasteiger partial charge in [0, 0.05) is 44.8 Å². The highest BCUT2D eigenvalue weighted by atomic mass is 16.5. The molecule has 0 spiro atoms. The number of benzene rings is 1. The van der Waals surface area contributed by atoms with Crippen LogP contribution in [0.15, 0.2) is 24.3 Å². The van der Waals surface area contributed by atoms with Crippen LogP contribution in [0.2, 0.25) is 0 Å². The monoisotopic (exact) mass is 415 g/mol. The maximum atomic E-state index is 12.9. The second-order valence-electron chi connectivity index (χ2n) is 8.34. The van der Waals surface area contributed by atoms with Gasteiger partial charge in [0.05, 0.1) is 0 Å². The third-order valence-electron chi connectivity index (χ3n) is 6.03. The zero-order chi connectivity index (χ0) is 21.5. The molecule has 30 heavy (non-hydrogen) atoms. The summed E-state index contributed by atoms with van der Waals surface area (Å²) in [7, 11) is 1.63. The van der Waals surface area contributed by atoms with Crippen LogP contribution in [0.4, 0.5) is 0 Å². The summed E-state index contributed by atoms with van der Waals surface area (Å²) in [5.74, 6) is 0.0606. The van der Waals surface area contributed by atoms with Gasteiger partial charge in [-0.1, -0.05) is 18.2 Å². The highest BCUT2D eigenvalue weighted by Gasteiger charge is 2.38. The molecule has 164 valence electrons. The number of aryl methyl sites for hydroxylation is 1. The molecule has 7 nitrogen and oxygen atoms in total. The van der Waals surface area contributed by atoms with Gasteiger partial charge >= 0.3 is 0 Å². The molecule has 0 radical (unpaired) electrons. The molecule has 1 heterocycles. The number of nitrogens with zero attached hydrogens (tertiary/aromatic N) is 1. The Morgan fingerprint density at radius 1 is 1.13 bits per heavy atom. The van der Waals surface area contributed by atoms with Crippen molar-refractivity contribution in [3.63, 3.8) is 0 Å². The normalized spacial score (nSPS) is 18.0. The molecule has 1 saturated heterocycles. The average molecular weight is 416 g/mol. The van der Waals surface area contributed by atoms with Crippen molar-refractivity contribution in [1.29, 1.82) is 0 Å². The lowest BCUT2D eigenvalue weighted by Crippen LogP contribution is -2.54. The molecule has 1 saturated carbocycles. The van der Waals surface area contributed by atoms with E-state index >= 15 is 0 Å². The zero-order valence-corrected chi connectivity index (χ0v) is 18.0. The van der Waals surface area contributed by atoms with Crippen molar-refractivity contribution in [2.24, 2.45) is 11.8 Å². The van der Waals surface area contributed by atoms with E-state index in [1.165, 1.54) is 0 Å². The Balaban J connectivity index is 1.64. The first-order valence-corrected chi connectivity index (χ1v) is 10.9. The van der Waals surface area contributed by atoms with Gasteiger partial charge in [-0.15, -0.1) is 0 Å². The van der Waals surface area contributed by atoms with Gasteiger partial charge in [0.25, 0.3) is 5.91 Å². The summed E-state index contributed by atoms with van der Waals surface area (Å²) in [6.45, 7) is 4.25. The van der Waals surface area contributed by atoms with E-state index in [2.05, 4.69) is 10.6 Å². The minimum atomic E-state index is -0.613. The molecule has 1 aromatic carbocycles. The predicted molar refractivity (Wildman–Crippen MR) is 114 cm³/mol. The molecule has 7 heteroatoms. The van der Waals surface area contributed by atoms with Crippen molar-refractivity contribution in [2.45, 2.75) is 45.1 Å². The molecule has 1 aliphatic heterocycles. The minimum Gasteiger partial charge on any atom is -0.385 e. The number of hydrogen-bond donors (Lipinski definition) is 2. The quantitative estimate of drug-likeness (QED) is 0.603. The van der Waals surface area contributed by atoms with Gasteiger partial charge in [-0.25, -0.2) is 0 Å². The third kappa shape index (κ3) is 5.81. The SMILES string of the molecule is COCCCNC(=O)[C@@H](NC(=O)c1ccccc1C)C1CCN(C(=O)C2CC2)CC1. The first-order valence-electron chi connectivity index (χ1n) is 10.9. The summed E-state index contributed by atoms with van der Waals surface area (Å²) in [6, 6.07) is 6.76. The van der Waals surface area contributed by atoms with Crippen molar-refractivity contribution in [3.05, 3.63) is 35.4 Å². The van der Waals surface area contributed by atoms with Crippen LogP contribution in [-0.2, 0) is 14.3 Å². The summed E-state index contributed by atoms with van der Waals surface area (Å²) in [6.07, 6.45) is 4.13. The number of hydrogen-bond acceptors (Lipinski definition) is 4. The Bertz CT molecular complexity index is 755. The number of likely N-dealkylation sites (tertiary alicyclic amines) is 1. The van der Waals surface area contributed by atoms with Gasteiger partial charge in [0.1, 0.15) is 6.04 Å². The number of carbonyl (C=O) groups is 3. The Morgan fingerprint density at radius 3 is 2.47 bits per heavy atom. The van der Waals surface area contributed by atoms with Gasteiger partial charge in [-0.05, 0) is 56.6 Å². The first kappa shape index (κ1) is 22.3. The second kappa shape index (κ2) is 10.6. The Morgan fingerprint density at radius 2 is 1.83 bits per heavy atom. The van der Waals surface area contributed by atoms with Crippen molar-refractivity contribution < 1.29 is 19.1 Å². The molecule has 0 unspecified atom stereocenters. The molecule has 3 amide bonds. The maximum absolute atomic E-state index is 12.9. The van der Waals surface area contributed by atoms with Crippen molar-refractivity contribution >= 4 is 17.7 Å². The number of methoxy groups -OCH3 is 1. The molecule has 1 atom stereocenters. The Hall–Kier alpha value is -2.41. The van der Waals surface area contributed by atoms with Crippen LogP contribution in [0.5, 0.6) is 0 Å². The van der Waals surface area contributed by atoms with E-state index in [0.717, 1.165) is 24.8 Å². The van der Waals surface area contributed by atoms with Gasteiger partial charge in [0.2, 0.25) is 11.8 Å². The topological polar surface area (TPSA) is 87.7 Å². The maximum Gasteiger partial charge on any atom is 0.252 e. The standard InChI is InChI=1S/C23H33N3O4/c1-16-6-3-4-7-19(16)21(27)25-20(22(28)24-12-5-15-30-2)17-10-13-26(14-11-17)23(29)18-8-9-18/h3-4,6-7,17-18,20H,5,8-15H2,1-2H3,(H,24,28)(H,25,27)/t20-/m0/s1. The molecular weight excluding hydrogens is 382 g/mol. The van der Waals surface area contributed by atoms with Gasteiger partial charge in [0.15, 0.2) is 0 Å². The van der Waals surface area contributed by atoms with E-state index in [9.17, 15) is 14.4 Å². The van der Waals surface area contributed by atoms with Gasteiger partial charge in [-0.2, -0.15) is 0 Å². The highest BCUT2D eigenvalue weighted by molar-refractivity contribution is 5.98. The number of piperidine rings is 1. The summed E-state index contributed by atoms with van der Waals surface area (Å²) in [4.78, 5) is 40.1. The molecule has 2 N–H and O–H groups in total. The number of nitrogens with one attached hydrogen (secondary N) is 2. The van der Waals surface area contributed by atoms with Crippen LogP contribution in [0.25, 0.3) is 0 Å². The Labute approximate surface area is 178 Å². The smallest absolute Gasteiger partial charge is 0.252 e. The lowest BCUT2D eigenvalue weighted by atomic mass is 9.88. The summed E-state index contributed by atoms with van der Waals surface area (Å²) in [5.41, 5.74) is 1.45. The average Bonchev–Trinajstić information content (AvgIpc) is 3.60. The van der Waals surface area contributed by atoms with Crippen LogP contribution >= 0.6 is 0 Å². The first-order chi connectivity index (χ1) is 14.5. The predicted octanol–water partition coefficient (Wildman–Crippen LogP) is 1.89. The molecule has 0 aromatic heterocycles. The fraction of sp³-hybridized carbons (Fsp3) is 0.609. The molecule has 1 aromatic rings. The van der Waals surface area contributed by atoms with E-state index < -0.39 is 6.04 Å². The zero-order valence-electron chi connectivity index (χ0n) is 18.0. The van der Waals surface area contributed by atoms with Crippen LogP contribution < -0.4 is 10.6 Å². The van der Waals surface area contributed by atoms with E-state index in [1.807, 2.05) is 30.0 Å². The van der Waals surface area contributed by atoms with Gasteiger partial charge in [-0.3, -0.25) is 14.4 Å². The summed E-state index contributed by atoms with van der Waals surface area (Å²) < 4.78 is 5.04. The summed E-state index contributed by atoms with van der Waals surface area (Å²) in [5, 5.41) is 5.91. The third-order valence-corrected chi connectivity index (χ3v) is 6.03. The summed E-state index contributed by atoms with van der Waals surface area (Å²) >= 11 is 0. The van der Waals surface area contributed by atoms with Crippen molar-refractivity contribution in [1.82, 2.24) is 15.5 Å². The van der Waals surface area contributed by atoms with Crippen molar-refractivity contribution in [2.75, 3.05) is 33.4 Å². The van der Waals surface area contributed by atoms with E-state index in [1.54, 1.807) is 13.2 Å². The molecule has 3 rings (SSSR count). The number of carbonyl (C=O) groups excluding carboxylic acids is 3. The fourth-order valence-electron chi connectivity index (χ4n) is 4.02. The Kier molecular flexibility index (Phi) is 7.85. The highest BCUT2D eigenvalue weighted by Crippen LogP contribution is 2.33. The minimum absolute atomic E-state index is 0.00338. The largest absolute Gasteiger partial charge is 0.385 e. The molecule has 1 aliphatic carbocycles. The van der Waals surface area contributed by atoms with Crippen LogP contribution in [0.1, 0.15) is 48.0 Å². The van der Waals surface area contributed by atoms with E-state index in [-0.39, 0.29) is 29.6 Å². The second-order valence-corrected chi connectivity index (χ2v) is 8.34. The van der Waals surface area contributed by atoms with Crippen molar-refractivity contribution in [3.8, 4) is 0 Å². The van der Waals surface area contributed by atoms with Crippen LogP contribution in [0.3, 0.4) is 0 Å². The fourth-order valence-corrected chi connectivity index (χ4v) is 4.02. The number of rotatable bonds is 9. The van der Waals surface area contributed by atoms with Crippen LogP contribution in [0, 0.1) is 18.8 Å².